The van der Waals surface area contributed by atoms with Crippen LogP contribution >= 0.6 is 0 Å². The average Bonchev–Trinajstić information content (AvgIpc) is 2.59. The molecule has 1 amide bonds. The smallest absolute Gasteiger partial charge is 0.258 e. The third-order valence-corrected chi connectivity index (χ3v) is 2.56. The number of nitrogens with one attached hydrogen (secondary N) is 1. The van der Waals surface area contributed by atoms with Gasteiger partial charge in [-0.2, -0.15) is 0 Å². The average molecular weight is 217 g/mol. The van der Waals surface area contributed by atoms with Gasteiger partial charge in [0.15, 0.2) is 0 Å². The van der Waals surface area contributed by atoms with E-state index in [2.05, 4.69) is 15.3 Å². The molecule has 2 rings (SSSR count). The van der Waals surface area contributed by atoms with Gasteiger partial charge in [0.05, 0.1) is 5.56 Å². The number of nitrogens with zero attached hydrogens (tertiary/aromatic N) is 2. The zero-order valence-electron chi connectivity index (χ0n) is 9.15. The van der Waals surface area contributed by atoms with Gasteiger partial charge in [-0.15, -0.1) is 0 Å². The molecule has 0 aliphatic carbocycles. The number of hydrogen-bond donors (Lipinski definition) is 1. The Hall–Kier alpha value is -1.71. The molecule has 1 N–H and O–H groups in total. The van der Waals surface area contributed by atoms with Crippen molar-refractivity contribution in [1.82, 2.24) is 10.3 Å². The van der Waals surface area contributed by atoms with Crippen LogP contribution in [-0.2, 0) is 0 Å². The molecular formula is C12H15N3O. The van der Waals surface area contributed by atoms with Crippen molar-refractivity contribution in [3.63, 3.8) is 0 Å². The van der Waals surface area contributed by atoms with Gasteiger partial charge in [0, 0.05) is 25.4 Å². The first kappa shape index (κ1) is 10.8. The maximum absolute atomic E-state index is 11.8. The Morgan fingerprint density at radius 2 is 2.25 bits per heavy atom. The summed E-state index contributed by atoms with van der Waals surface area (Å²) >= 11 is 0. The van der Waals surface area contributed by atoms with Gasteiger partial charge in [0.1, 0.15) is 5.84 Å². The highest BCUT2D eigenvalue weighted by molar-refractivity contribution is 6.06. The van der Waals surface area contributed by atoms with Crippen molar-refractivity contribution in [2.24, 2.45) is 4.99 Å². The van der Waals surface area contributed by atoms with Gasteiger partial charge in [0.2, 0.25) is 0 Å². The summed E-state index contributed by atoms with van der Waals surface area (Å²) in [4.78, 5) is 20.1. The van der Waals surface area contributed by atoms with Crippen LogP contribution in [0.3, 0.4) is 0 Å². The maximum Gasteiger partial charge on any atom is 0.258 e. The number of aliphatic imine (C=N–C) groups is 1. The maximum atomic E-state index is 11.8. The molecule has 0 spiro atoms. The number of rotatable bonds is 1. The number of pyridine rings is 1. The second-order valence-electron chi connectivity index (χ2n) is 3.83. The number of amides is 1. The highest BCUT2D eigenvalue weighted by Gasteiger charge is 2.09. The summed E-state index contributed by atoms with van der Waals surface area (Å²) in [5, 5.41) is 2.85. The van der Waals surface area contributed by atoms with Crippen molar-refractivity contribution < 1.29 is 4.79 Å². The molecule has 1 aliphatic heterocycles. The van der Waals surface area contributed by atoms with Crippen molar-refractivity contribution in [3.05, 3.63) is 30.1 Å². The highest BCUT2D eigenvalue weighted by Crippen LogP contribution is 2.06. The highest BCUT2D eigenvalue weighted by atomic mass is 16.1. The van der Waals surface area contributed by atoms with Gasteiger partial charge in [-0.3, -0.25) is 14.8 Å². The van der Waals surface area contributed by atoms with Crippen LogP contribution in [0.2, 0.25) is 0 Å². The Labute approximate surface area is 94.8 Å². The summed E-state index contributed by atoms with van der Waals surface area (Å²) in [7, 11) is 0. The van der Waals surface area contributed by atoms with E-state index < -0.39 is 0 Å². The molecule has 4 heteroatoms. The van der Waals surface area contributed by atoms with Crippen LogP contribution in [0, 0.1) is 0 Å². The van der Waals surface area contributed by atoms with E-state index in [1.807, 2.05) is 0 Å². The van der Waals surface area contributed by atoms with E-state index in [0.717, 1.165) is 31.6 Å². The first-order chi connectivity index (χ1) is 7.86. The molecule has 84 valence electrons. The molecule has 1 aliphatic rings. The van der Waals surface area contributed by atoms with Crippen molar-refractivity contribution >= 4 is 11.7 Å². The molecule has 0 aromatic carbocycles. The van der Waals surface area contributed by atoms with Gasteiger partial charge in [-0.05, 0) is 25.0 Å². The Morgan fingerprint density at radius 1 is 1.31 bits per heavy atom. The predicted molar refractivity (Wildman–Crippen MR) is 62.5 cm³/mol. The first-order valence-electron chi connectivity index (χ1n) is 5.61. The normalized spacial score (nSPS) is 16.1. The lowest BCUT2D eigenvalue weighted by Crippen LogP contribution is -2.30. The van der Waals surface area contributed by atoms with Gasteiger partial charge < -0.3 is 5.32 Å². The summed E-state index contributed by atoms with van der Waals surface area (Å²) in [5.74, 6) is 0.695. The summed E-state index contributed by atoms with van der Waals surface area (Å²) in [5.41, 5.74) is 0.578. The fourth-order valence-corrected chi connectivity index (χ4v) is 1.68. The fourth-order valence-electron chi connectivity index (χ4n) is 1.68. The third kappa shape index (κ3) is 2.89. The van der Waals surface area contributed by atoms with Gasteiger partial charge in [-0.25, -0.2) is 0 Å². The van der Waals surface area contributed by atoms with Gasteiger partial charge in [0.25, 0.3) is 5.91 Å². The largest absolute Gasteiger partial charge is 0.310 e. The standard InChI is InChI=1S/C12H15N3O/c16-12(10-5-4-7-13-9-10)15-11-6-2-1-3-8-14-11/h4-5,7,9H,1-3,6,8H2,(H,14,15,16). The van der Waals surface area contributed by atoms with Gasteiger partial charge in [-0.1, -0.05) is 6.42 Å². The van der Waals surface area contributed by atoms with Crippen LogP contribution in [0.5, 0.6) is 0 Å². The molecule has 0 fully saturated rings. The lowest BCUT2D eigenvalue weighted by molar-refractivity contribution is 0.0976. The van der Waals surface area contributed by atoms with Crippen molar-refractivity contribution in [2.45, 2.75) is 25.7 Å². The Balaban J connectivity index is 1.99. The lowest BCUT2D eigenvalue weighted by atomic mass is 10.2. The zero-order valence-corrected chi connectivity index (χ0v) is 9.15. The lowest BCUT2D eigenvalue weighted by Gasteiger charge is -2.06. The van der Waals surface area contributed by atoms with E-state index in [9.17, 15) is 4.79 Å². The second kappa shape index (κ2) is 5.39. The zero-order chi connectivity index (χ0) is 11.2. The molecule has 1 aromatic rings. The number of carbonyl (C=O) groups excluding carboxylic acids is 1. The van der Waals surface area contributed by atoms with E-state index in [1.165, 1.54) is 6.42 Å². The predicted octanol–water partition coefficient (Wildman–Crippen LogP) is 1.78. The summed E-state index contributed by atoms with van der Waals surface area (Å²) < 4.78 is 0. The fraction of sp³-hybridized carbons (Fsp3) is 0.417. The third-order valence-electron chi connectivity index (χ3n) is 2.56. The molecule has 0 unspecified atom stereocenters. The molecular weight excluding hydrogens is 202 g/mol. The summed E-state index contributed by atoms with van der Waals surface area (Å²) in [6.07, 6.45) is 7.49. The van der Waals surface area contributed by atoms with E-state index in [-0.39, 0.29) is 5.91 Å². The molecule has 0 bridgehead atoms. The van der Waals surface area contributed by atoms with Crippen molar-refractivity contribution in [1.29, 1.82) is 0 Å². The van der Waals surface area contributed by atoms with Crippen LogP contribution in [-0.4, -0.2) is 23.3 Å². The van der Waals surface area contributed by atoms with E-state index in [0.29, 0.717) is 5.56 Å². The topological polar surface area (TPSA) is 54.4 Å². The van der Waals surface area contributed by atoms with E-state index in [4.69, 9.17) is 0 Å². The molecule has 4 nitrogen and oxygen atoms in total. The van der Waals surface area contributed by atoms with Crippen molar-refractivity contribution in [2.75, 3.05) is 6.54 Å². The van der Waals surface area contributed by atoms with Crippen LogP contribution < -0.4 is 5.32 Å². The number of amidine groups is 1. The SMILES string of the molecule is O=C(NC1=NCCCCC1)c1cccnc1. The molecule has 0 saturated carbocycles. The molecule has 0 saturated heterocycles. The second-order valence-corrected chi connectivity index (χ2v) is 3.83. The summed E-state index contributed by atoms with van der Waals surface area (Å²) in [6.45, 7) is 0.822. The van der Waals surface area contributed by atoms with Crippen LogP contribution in [0.25, 0.3) is 0 Å². The number of carbonyl (C=O) groups is 1. The van der Waals surface area contributed by atoms with Crippen LogP contribution in [0.4, 0.5) is 0 Å². The quantitative estimate of drug-likeness (QED) is 0.779. The summed E-state index contributed by atoms with van der Waals surface area (Å²) in [6, 6.07) is 3.50. The Kier molecular flexibility index (Phi) is 3.64. The number of aromatic nitrogens is 1. The van der Waals surface area contributed by atoms with E-state index in [1.54, 1.807) is 24.5 Å². The number of hydrogen-bond acceptors (Lipinski definition) is 3. The van der Waals surface area contributed by atoms with Crippen molar-refractivity contribution in [3.8, 4) is 0 Å². The minimum Gasteiger partial charge on any atom is -0.310 e. The Morgan fingerprint density at radius 3 is 3.06 bits per heavy atom. The first-order valence-corrected chi connectivity index (χ1v) is 5.61. The minimum atomic E-state index is -0.117. The minimum absolute atomic E-state index is 0.117. The van der Waals surface area contributed by atoms with Crippen LogP contribution in [0.1, 0.15) is 36.0 Å². The van der Waals surface area contributed by atoms with Gasteiger partial charge >= 0.3 is 0 Å². The molecule has 2 heterocycles. The van der Waals surface area contributed by atoms with E-state index >= 15 is 0 Å². The molecule has 16 heavy (non-hydrogen) atoms. The monoisotopic (exact) mass is 217 g/mol. The molecule has 0 radical (unpaired) electrons. The van der Waals surface area contributed by atoms with Crippen LogP contribution in [0.15, 0.2) is 29.5 Å². The molecule has 1 aromatic heterocycles. The molecule has 0 atom stereocenters. The Bertz CT molecular complexity index is 387.